The molecule has 3 aromatic rings. The van der Waals surface area contributed by atoms with Gasteiger partial charge in [0.2, 0.25) is 12.6 Å². The number of hydrogen-bond acceptors (Lipinski definition) is 6. The van der Waals surface area contributed by atoms with Gasteiger partial charge in [-0.25, -0.2) is 4.89 Å². The van der Waals surface area contributed by atoms with E-state index in [4.69, 9.17) is 19.5 Å². The molecule has 0 saturated carbocycles. The van der Waals surface area contributed by atoms with E-state index in [-0.39, 0.29) is 25.3 Å². The van der Waals surface area contributed by atoms with Gasteiger partial charge in [0.1, 0.15) is 18.5 Å². The predicted molar refractivity (Wildman–Crippen MR) is 119 cm³/mol. The first-order valence-electron chi connectivity index (χ1n) is 10.5. The number of carbonyl (C=O) groups excluding carboxylic acids is 1. The van der Waals surface area contributed by atoms with Gasteiger partial charge in [0.05, 0.1) is 5.69 Å². The second kappa shape index (κ2) is 10.2. The summed E-state index contributed by atoms with van der Waals surface area (Å²) in [6.07, 6.45) is 6.34. The maximum absolute atomic E-state index is 13.0. The molecule has 0 unspecified atom stereocenters. The molecular weight excluding hydrogens is 410 g/mol. The van der Waals surface area contributed by atoms with Gasteiger partial charge in [0, 0.05) is 18.3 Å². The van der Waals surface area contributed by atoms with Crippen molar-refractivity contribution in [2.24, 2.45) is 0 Å². The molecular formula is C25H25NO6. The molecule has 166 valence electrons. The van der Waals surface area contributed by atoms with Crippen molar-refractivity contribution in [2.45, 2.75) is 26.0 Å². The highest BCUT2D eigenvalue weighted by Crippen LogP contribution is 2.33. The molecule has 4 rings (SSSR count). The third-order valence-corrected chi connectivity index (χ3v) is 5.19. The van der Waals surface area contributed by atoms with Crippen LogP contribution >= 0.6 is 0 Å². The van der Waals surface area contributed by atoms with Crippen molar-refractivity contribution >= 4 is 11.9 Å². The molecule has 0 aliphatic carbocycles. The van der Waals surface area contributed by atoms with Gasteiger partial charge in [-0.1, -0.05) is 31.2 Å². The van der Waals surface area contributed by atoms with E-state index >= 15 is 0 Å². The lowest BCUT2D eigenvalue weighted by Gasteiger charge is -2.16. The lowest BCUT2D eigenvalue weighted by Crippen LogP contribution is -2.21. The Balaban J connectivity index is 1.43. The number of hydrogen-bond donors (Lipinski definition) is 1. The maximum atomic E-state index is 13.0. The third kappa shape index (κ3) is 5.01. The van der Waals surface area contributed by atoms with Gasteiger partial charge < -0.3 is 18.8 Å². The highest BCUT2D eigenvalue weighted by atomic mass is 17.1. The first kappa shape index (κ1) is 21.7. The Morgan fingerprint density at radius 1 is 1.16 bits per heavy atom. The Kier molecular flexibility index (Phi) is 6.89. The average molecular weight is 435 g/mol. The Labute approximate surface area is 186 Å². The van der Waals surface area contributed by atoms with Crippen LogP contribution in [0.4, 0.5) is 0 Å². The van der Waals surface area contributed by atoms with Crippen molar-refractivity contribution < 1.29 is 29.1 Å². The summed E-state index contributed by atoms with van der Waals surface area (Å²) in [6.45, 7) is 2.80. The monoisotopic (exact) mass is 435 g/mol. The van der Waals surface area contributed by atoms with E-state index in [1.165, 1.54) is 0 Å². The van der Waals surface area contributed by atoms with Gasteiger partial charge in [-0.3, -0.25) is 10.1 Å². The SMILES string of the molecule is CC[C@@H](COO)Oc1cccc(C=CCn2cccc2C(=O)c2ccc3c(c2)OCO3)c1. The van der Waals surface area contributed by atoms with Crippen LogP contribution in [-0.4, -0.2) is 35.1 Å². The molecule has 2 heterocycles. The number of fused-ring (bicyclic) bond motifs is 1. The fourth-order valence-corrected chi connectivity index (χ4v) is 3.47. The fraction of sp³-hybridized carbons (Fsp3) is 0.240. The van der Waals surface area contributed by atoms with E-state index in [9.17, 15) is 4.79 Å². The summed E-state index contributed by atoms with van der Waals surface area (Å²) in [5.74, 6) is 1.87. The molecule has 1 aliphatic heterocycles. The van der Waals surface area contributed by atoms with Crippen molar-refractivity contribution in [3.63, 3.8) is 0 Å². The Bertz CT molecular complexity index is 1100. The van der Waals surface area contributed by atoms with E-state index in [1.807, 2.05) is 66.2 Å². The smallest absolute Gasteiger partial charge is 0.231 e. The van der Waals surface area contributed by atoms with Crippen LogP contribution in [0, 0.1) is 0 Å². The molecule has 32 heavy (non-hydrogen) atoms. The van der Waals surface area contributed by atoms with Gasteiger partial charge >= 0.3 is 0 Å². The quantitative estimate of drug-likeness (QED) is 0.280. The molecule has 0 saturated heterocycles. The second-order valence-electron chi connectivity index (χ2n) is 7.36. The minimum atomic E-state index is -0.219. The normalized spacial score (nSPS) is 13.4. The number of ether oxygens (including phenoxy) is 3. The summed E-state index contributed by atoms with van der Waals surface area (Å²) >= 11 is 0. The zero-order valence-corrected chi connectivity index (χ0v) is 17.8. The van der Waals surface area contributed by atoms with Crippen LogP contribution in [0.5, 0.6) is 17.2 Å². The van der Waals surface area contributed by atoms with Gasteiger partial charge in [-0.15, -0.1) is 0 Å². The number of ketones is 1. The summed E-state index contributed by atoms with van der Waals surface area (Å²) in [4.78, 5) is 17.2. The molecule has 0 radical (unpaired) electrons. The number of allylic oxidation sites excluding steroid dienone is 1. The topological polar surface area (TPSA) is 79.2 Å². The van der Waals surface area contributed by atoms with Crippen LogP contribution in [0.15, 0.2) is 66.9 Å². The predicted octanol–water partition coefficient (Wildman–Crippen LogP) is 4.81. The lowest BCUT2D eigenvalue weighted by atomic mass is 10.1. The summed E-state index contributed by atoms with van der Waals surface area (Å²) in [7, 11) is 0. The zero-order chi connectivity index (χ0) is 22.3. The minimum Gasteiger partial charge on any atom is -0.488 e. The third-order valence-electron chi connectivity index (χ3n) is 5.19. The summed E-state index contributed by atoms with van der Waals surface area (Å²) in [5, 5.41) is 8.65. The summed E-state index contributed by atoms with van der Waals surface area (Å²) in [5.41, 5.74) is 2.12. The minimum absolute atomic E-state index is 0.0752. The van der Waals surface area contributed by atoms with E-state index in [1.54, 1.807) is 18.2 Å². The van der Waals surface area contributed by atoms with Crippen molar-refractivity contribution in [1.29, 1.82) is 0 Å². The molecule has 0 amide bonds. The van der Waals surface area contributed by atoms with Crippen molar-refractivity contribution in [1.82, 2.24) is 4.57 Å². The molecule has 1 aromatic heterocycles. The standard InChI is InChI=1S/C25H25NO6/c1-2-20(16-31-28)32-21-8-3-6-18(14-21)7-4-12-26-13-5-9-22(26)25(27)19-10-11-23-24(15-19)30-17-29-23/h3-11,13-15,20,28H,2,12,16-17H2,1H3/t20-/m0/s1. The van der Waals surface area contributed by atoms with E-state index < -0.39 is 0 Å². The van der Waals surface area contributed by atoms with Crippen LogP contribution < -0.4 is 14.2 Å². The van der Waals surface area contributed by atoms with Gasteiger partial charge in [0.15, 0.2) is 11.5 Å². The Morgan fingerprint density at radius 3 is 2.88 bits per heavy atom. The molecule has 7 nitrogen and oxygen atoms in total. The van der Waals surface area contributed by atoms with E-state index in [0.717, 1.165) is 5.56 Å². The Hall–Kier alpha value is -3.55. The molecule has 1 N–H and O–H groups in total. The highest BCUT2D eigenvalue weighted by Gasteiger charge is 2.18. The molecule has 2 aromatic carbocycles. The van der Waals surface area contributed by atoms with Gasteiger partial charge in [-0.2, -0.15) is 0 Å². The summed E-state index contributed by atoms with van der Waals surface area (Å²) < 4.78 is 18.4. The molecule has 7 heteroatoms. The van der Waals surface area contributed by atoms with Gasteiger partial charge in [0.25, 0.3) is 0 Å². The number of nitrogens with zero attached hydrogens (tertiary/aromatic N) is 1. The van der Waals surface area contributed by atoms with Crippen molar-refractivity contribution in [3.8, 4) is 17.2 Å². The zero-order valence-electron chi connectivity index (χ0n) is 17.8. The number of aromatic nitrogens is 1. The van der Waals surface area contributed by atoms with Crippen LogP contribution in [0.1, 0.15) is 35.0 Å². The molecule has 1 aliphatic rings. The van der Waals surface area contributed by atoms with E-state index in [0.29, 0.717) is 41.5 Å². The fourth-order valence-electron chi connectivity index (χ4n) is 3.47. The lowest BCUT2D eigenvalue weighted by molar-refractivity contribution is -0.254. The Morgan fingerprint density at radius 2 is 2.03 bits per heavy atom. The summed E-state index contributed by atoms with van der Waals surface area (Å²) in [6, 6.07) is 16.6. The van der Waals surface area contributed by atoms with Crippen LogP contribution in [0.3, 0.4) is 0 Å². The maximum Gasteiger partial charge on any atom is 0.231 e. The average Bonchev–Trinajstić information content (AvgIpc) is 3.47. The molecule has 0 bridgehead atoms. The first-order valence-corrected chi connectivity index (χ1v) is 10.5. The largest absolute Gasteiger partial charge is 0.488 e. The highest BCUT2D eigenvalue weighted by molar-refractivity contribution is 6.08. The van der Waals surface area contributed by atoms with Crippen LogP contribution in [0.25, 0.3) is 6.08 Å². The molecule has 0 spiro atoms. The molecule has 1 atom stereocenters. The number of carbonyl (C=O) groups is 1. The number of rotatable bonds is 10. The number of benzene rings is 2. The van der Waals surface area contributed by atoms with E-state index in [2.05, 4.69) is 4.89 Å². The molecule has 0 fully saturated rings. The van der Waals surface area contributed by atoms with Crippen LogP contribution in [-0.2, 0) is 11.4 Å². The van der Waals surface area contributed by atoms with Crippen molar-refractivity contribution in [2.75, 3.05) is 13.4 Å². The van der Waals surface area contributed by atoms with Crippen molar-refractivity contribution in [3.05, 3.63) is 83.7 Å². The first-order chi connectivity index (χ1) is 15.7. The second-order valence-corrected chi connectivity index (χ2v) is 7.36. The van der Waals surface area contributed by atoms with Crippen LogP contribution in [0.2, 0.25) is 0 Å². The van der Waals surface area contributed by atoms with Gasteiger partial charge in [-0.05, 0) is 54.4 Å².